The molecule has 0 aliphatic carbocycles. The Morgan fingerprint density at radius 3 is 2.73 bits per heavy atom. The number of nitrogens with zero attached hydrogens (tertiary/aromatic N) is 5. The molecule has 1 N–H and O–H groups in total. The molecule has 0 radical (unpaired) electrons. The Morgan fingerprint density at radius 1 is 1.32 bits per heavy atom. The molecule has 2 aromatic heterocycles. The van der Waals surface area contributed by atoms with Crippen molar-refractivity contribution in [1.82, 2.24) is 24.6 Å². The summed E-state index contributed by atoms with van der Waals surface area (Å²) in [5.41, 5.74) is 3.01. The fourth-order valence-electron chi connectivity index (χ4n) is 2.91. The fourth-order valence-corrected chi connectivity index (χ4v) is 2.91. The number of hydrogen-bond donors (Lipinski definition) is 1. The number of likely N-dealkylation sites (N-methyl/N-ethyl adjacent to an activating group) is 1. The molecule has 0 unspecified atom stereocenters. The van der Waals surface area contributed by atoms with Crippen molar-refractivity contribution in [3.63, 3.8) is 0 Å². The summed E-state index contributed by atoms with van der Waals surface area (Å²) in [4.78, 5) is 22.5. The van der Waals surface area contributed by atoms with Gasteiger partial charge in [0.25, 0.3) is 0 Å². The third kappa shape index (κ3) is 2.43. The molecule has 3 rings (SSSR count). The molecule has 1 amide bonds. The second-order valence-corrected chi connectivity index (χ2v) is 5.73. The van der Waals surface area contributed by atoms with Crippen molar-refractivity contribution >= 4 is 11.9 Å². The van der Waals surface area contributed by atoms with Gasteiger partial charge in [0.05, 0.1) is 18.3 Å². The number of likely N-dealkylation sites (tertiary alicyclic amines) is 1. The zero-order valence-electron chi connectivity index (χ0n) is 13.2. The molecule has 116 valence electrons. The van der Waals surface area contributed by atoms with E-state index in [1.165, 1.54) is 0 Å². The number of nitrogens with one attached hydrogen (secondary N) is 1. The predicted molar refractivity (Wildman–Crippen MR) is 82.3 cm³/mol. The highest BCUT2D eigenvalue weighted by atomic mass is 16.2. The summed E-state index contributed by atoms with van der Waals surface area (Å²) >= 11 is 0. The lowest BCUT2D eigenvalue weighted by atomic mass is 10.0. The summed E-state index contributed by atoms with van der Waals surface area (Å²) in [6, 6.07) is 1.72. The van der Waals surface area contributed by atoms with Crippen molar-refractivity contribution in [1.29, 1.82) is 0 Å². The van der Waals surface area contributed by atoms with Crippen LogP contribution in [0.2, 0.25) is 0 Å². The van der Waals surface area contributed by atoms with Crippen LogP contribution in [0.15, 0.2) is 18.5 Å². The minimum absolute atomic E-state index is 0.0645. The first kappa shape index (κ1) is 14.5. The highest BCUT2D eigenvalue weighted by molar-refractivity contribution is 5.80. The second-order valence-electron chi connectivity index (χ2n) is 5.73. The van der Waals surface area contributed by atoms with E-state index < -0.39 is 0 Å². The van der Waals surface area contributed by atoms with Gasteiger partial charge in [-0.1, -0.05) is 0 Å². The first-order valence-corrected chi connectivity index (χ1v) is 7.27. The van der Waals surface area contributed by atoms with E-state index in [9.17, 15) is 4.79 Å². The zero-order valence-corrected chi connectivity index (χ0v) is 13.2. The fraction of sp³-hybridized carbons (Fsp3) is 0.467. The van der Waals surface area contributed by atoms with E-state index in [1.807, 2.05) is 44.9 Å². The molecule has 0 bridgehead atoms. The van der Waals surface area contributed by atoms with Crippen molar-refractivity contribution in [2.45, 2.75) is 32.4 Å². The Bertz CT molecular complexity index is 710. The van der Waals surface area contributed by atoms with Gasteiger partial charge in [0.15, 0.2) is 0 Å². The SMILES string of the molecule is Cc1ccnc(N[C@@H]2CC(=O)N(C)[C@H]2c2cnn(C)c2C)n1. The molecule has 3 heterocycles. The van der Waals surface area contributed by atoms with Crippen LogP contribution in [-0.2, 0) is 11.8 Å². The molecule has 7 heteroatoms. The summed E-state index contributed by atoms with van der Waals surface area (Å²) in [5, 5.41) is 7.60. The lowest BCUT2D eigenvalue weighted by molar-refractivity contribution is -0.127. The molecule has 1 aliphatic heterocycles. The molecule has 2 atom stereocenters. The van der Waals surface area contributed by atoms with E-state index in [2.05, 4.69) is 20.4 Å². The van der Waals surface area contributed by atoms with Gasteiger partial charge in [-0.05, 0) is 19.9 Å². The average molecular weight is 300 g/mol. The third-order valence-electron chi connectivity index (χ3n) is 4.29. The van der Waals surface area contributed by atoms with Crippen LogP contribution >= 0.6 is 0 Å². The normalized spacial score (nSPS) is 21.5. The van der Waals surface area contributed by atoms with Gasteiger partial charge >= 0.3 is 0 Å². The van der Waals surface area contributed by atoms with Crippen LogP contribution in [0.1, 0.15) is 29.4 Å². The van der Waals surface area contributed by atoms with Gasteiger partial charge in [0.2, 0.25) is 11.9 Å². The molecule has 0 spiro atoms. The van der Waals surface area contributed by atoms with Crippen molar-refractivity contribution in [3.05, 3.63) is 35.4 Å². The van der Waals surface area contributed by atoms with Gasteiger partial charge in [-0.25, -0.2) is 9.97 Å². The number of amides is 1. The van der Waals surface area contributed by atoms with E-state index in [0.717, 1.165) is 17.0 Å². The Kier molecular flexibility index (Phi) is 3.56. The number of aromatic nitrogens is 4. The first-order chi connectivity index (χ1) is 10.5. The lowest BCUT2D eigenvalue weighted by Crippen LogP contribution is -2.30. The summed E-state index contributed by atoms with van der Waals surface area (Å²) in [6.45, 7) is 3.93. The summed E-state index contributed by atoms with van der Waals surface area (Å²) in [7, 11) is 3.74. The quantitative estimate of drug-likeness (QED) is 0.922. The summed E-state index contributed by atoms with van der Waals surface area (Å²) in [5.74, 6) is 0.665. The Balaban J connectivity index is 1.92. The van der Waals surface area contributed by atoms with E-state index in [0.29, 0.717) is 12.4 Å². The Morgan fingerprint density at radius 2 is 2.09 bits per heavy atom. The monoisotopic (exact) mass is 300 g/mol. The highest BCUT2D eigenvalue weighted by Crippen LogP contribution is 2.34. The molecule has 0 saturated carbocycles. The van der Waals surface area contributed by atoms with Gasteiger partial charge in [0, 0.05) is 43.7 Å². The van der Waals surface area contributed by atoms with Crippen LogP contribution in [0.5, 0.6) is 0 Å². The van der Waals surface area contributed by atoms with E-state index in [-0.39, 0.29) is 18.0 Å². The van der Waals surface area contributed by atoms with Gasteiger partial charge in [0.1, 0.15) is 0 Å². The molecule has 1 aliphatic rings. The molecule has 1 fully saturated rings. The molecule has 7 nitrogen and oxygen atoms in total. The minimum atomic E-state index is -0.0674. The van der Waals surface area contributed by atoms with Crippen LogP contribution in [-0.4, -0.2) is 43.6 Å². The minimum Gasteiger partial charge on any atom is -0.349 e. The smallest absolute Gasteiger partial charge is 0.225 e. The highest BCUT2D eigenvalue weighted by Gasteiger charge is 2.40. The molecule has 2 aromatic rings. The summed E-state index contributed by atoms with van der Waals surface area (Å²) < 4.78 is 1.83. The molecular formula is C15H20N6O. The number of aryl methyl sites for hydroxylation is 2. The summed E-state index contributed by atoms with van der Waals surface area (Å²) in [6.07, 6.45) is 3.98. The van der Waals surface area contributed by atoms with E-state index >= 15 is 0 Å². The van der Waals surface area contributed by atoms with Gasteiger partial charge in [-0.3, -0.25) is 9.48 Å². The van der Waals surface area contributed by atoms with Crippen molar-refractivity contribution in [2.75, 3.05) is 12.4 Å². The molecule has 22 heavy (non-hydrogen) atoms. The Hall–Kier alpha value is -2.44. The second kappa shape index (κ2) is 5.40. The number of hydrogen-bond acceptors (Lipinski definition) is 5. The molecule has 1 saturated heterocycles. The van der Waals surface area contributed by atoms with Gasteiger partial charge in [-0.15, -0.1) is 0 Å². The Labute approximate surface area is 129 Å². The molecular weight excluding hydrogens is 280 g/mol. The predicted octanol–water partition coefficient (Wildman–Crippen LogP) is 1.21. The van der Waals surface area contributed by atoms with E-state index in [4.69, 9.17) is 0 Å². The number of carbonyl (C=O) groups is 1. The standard InChI is InChI=1S/C15H20N6O/c1-9-5-6-16-15(18-9)19-12-7-13(22)20(3)14(12)11-8-17-21(4)10(11)2/h5-6,8,12,14H,7H2,1-4H3,(H,16,18,19)/t12-,14+/m1/s1. The maximum atomic E-state index is 12.2. The van der Waals surface area contributed by atoms with Crippen LogP contribution in [0, 0.1) is 13.8 Å². The number of anilines is 1. The number of carbonyl (C=O) groups excluding carboxylic acids is 1. The largest absolute Gasteiger partial charge is 0.349 e. The molecule has 0 aromatic carbocycles. The van der Waals surface area contributed by atoms with Gasteiger partial charge in [-0.2, -0.15) is 5.10 Å². The van der Waals surface area contributed by atoms with E-state index in [1.54, 1.807) is 11.1 Å². The van der Waals surface area contributed by atoms with Crippen molar-refractivity contribution < 1.29 is 4.79 Å². The first-order valence-electron chi connectivity index (χ1n) is 7.27. The van der Waals surface area contributed by atoms with Crippen LogP contribution in [0.4, 0.5) is 5.95 Å². The van der Waals surface area contributed by atoms with Crippen LogP contribution in [0.25, 0.3) is 0 Å². The van der Waals surface area contributed by atoms with Crippen molar-refractivity contribution in [3.8, 4) is 0 Å². The van der Waals surface area contributed by atoms with Crippen LogP contribution in [0.3, 0.4) is 0 Å². The van der Waals surface area contributed by atoms with Crippen LogP contribution < -0.4 is 5.32 Å². The topological polar surface area (TPSA) is 75.9 Å². The van der Waals surface area contributed by atoms with Crippen molar-refractivity contribution in [2.24, 2.45) is 7.05 Å². The average Bonchev–Trinajstić information content (AvgIpc) is 2.92. The zero-order chi connectivity index (χ0) is 15.9. The number of rotatable bonds is 3. The maximum absolute atomic E-state index is 12.2. The maximum Gasteiger partial charge on any atom is 0.225 e. The lowest BCUT2D eigenvalue weighted by Gasteiger charge is -2.25. The van der Waals surface area contributed by atoms with Gasteiger partial charge < -0.3 is 10.2 Å². The third-order valence-corrected chi connectivity index (χ3v) is 4.29.